The van der Waals surface area contributed by atoms with Gasteiger partial charge in [0.15, 0.2) is 12.4 Å². The van der Waals surface area contributed by atoms with Gasteiger partial charge in [0.2, 0.25) is 11.9 Å². The first-order chi connectivity index (χ1) is 14.1. The number of hydrogen-bond acceptors (Lipinski definition) is 9. The van der Waals surface area contributed by atoms with Gasteiger partial charge in [0.05, 0.1) is 0 Å². The number of nitrogens with two attached hydrogens (primary N) is 1. The van der Waals surface area contributed by atoms with Crippen molar-refractivity contribution in [1.29, 1.82) is 0 Å². The van der Waals surface area contributed by atoms with Crippen LogP contribution in [-0.2, 0) is 16.1 Å². The Kier molecular flexibility index (Phi) is 7.06. The van der Waals surface area contributed by atoms with E-state index in [1.54, 1.807) is 11.4 Å². The normalized spacial score (nSPS) is 10.3. The number of thiophene rings is 1. The van der Waals surface area contributed by atoms with Gasteiger partial charge in [-0.15, -0.1) is 0 Å². The highest BCUT2D eigenvalue weighted by Crippen LogP contribution is 2.13. The molecule has 0 bridgehead atoms. The van der Waals surface area contributed by atoms with Gasteiger partial charge in [0.1, 0.15) is 0 Å². The van der Waals surface area contributed by atoms with E-state index in [1.807, 2.05) is 35.7 Å². The number of ether oxygens (including phenoxy) is 1. The van der Waals surface area contributed by atoms with Crippen LogP contribution in [0.15, 0.2) is 47.2 Å². The van der Waals surface area contributed by atoms with E-state index >= 15 is 0 Å². The zero-order valence-corrected chi connectivity index (χ0v) is 16.3. The molecule has 0 radical (unpaired) electrons. The molecule has 0 saturated carbocycles. The number of nitrogen functional groups attached to an aromatic ring is 1. The van der Waals surface area contributed by atoms with Crippen LogP contribution in [-0.4, -0.2) is 33.4 Å². The third-order valence-corrected chi connectivity index (χ3v) is 4.40. The van der Waals surface area contributed by atoms with Crippen molar-refractivity contribution in [2.24, 2.45) is 0 Å². The van der Waals surface area contributed by atoms with Crippen molar-refractivity contribution < 1.29 is 14.3 Å². The largest absolute Gasteiger partial charge is 0.457 e. The highest BCUT2D eigenvalue weighted by molar-refractivity contribution is 7.08. The lowest BCUT2D eigenvalue weighted by Crippen LogP contribution is -2.24. The molecule has 1 amide bonds. The number of carbonyl (C=O) groups excluding carboxylic acids is 2. The molecule has 0 aliphatic rings. The maximum atomic E-state index is 11.9. The van der Waals surface area contributed by atoms with Gasteiger partial charge >= 0.3 is 5.97 Å². The molecule has 0 spiro atoms. The van der Waals surface area contributed by atoms with Crippen molar-refractivity contribution in [1.82, 2.24) is 20.3 Å². The predicted molar refractivity (Wildman–Crippen MR) is 110 cm³/mol. The van der Waals surface area contributed by atoms with Crippen LogP contribution in [0, 0.1) is 0 Å². The molecule has 3 rings (SSSR count). The first-order valence-electron chi connectivity index (χ1n) is 8.88. The van der Waals surface area contributed by atoms with E-state index in [0.29, 0.717) is 18.5 Å². The van der Waals surface area contributed by atoms with Gasteiger partial charge < -0.3 is 21.1 Å². The highest BCUT2D eigenvalue weighted by atomic mass is 32.1. The predicted octanol–water partition coefficient (Wildman–Crippen LogP) is 2.51. The number of amides is 1. The Morgan fingerprint density at radius 3 is 2.69 bits per heavy atom. The van der Waals surface area contributed by atoms with E-state index < -0.39 is 5.97 Å². The zero-order valence-electron chi connectivity index (χ0n) is 15.5. The lowest BCUT2D eigenvalue weighted by Gasteiger charge is -2.08. The maximum absolute atomic E-state index is 11.9. The van der Waals surface area contributed by atoms with E-state index in [1.165, 1.54) is 11.3 Å². The van der Waals surface area contributed by atoms with Crippen molar-refractivity contribution >= 4 is 40.8 Å². The Morgan fingerprint density at radius 2 is 1.93 bits per heavy atom. The molecule has 3 aromatic rings. The fourth-order valence-electron chi connectivity index (χ4n) is 2.36. The standard InChI is InChI=1S/C19H20N6O3S/c20-18-23-15(24-19(25-18)22-14-5-2-1-3-6-14)11-28-16(26)7-4-9-21-17(27)13-8-10-29-12-13/h1-3,5-6,8,10,12H,4,7,9,11H2,(H,21,27)(H3,20,22,23,24,25). The number of esters is 1. The van der Waals surface area contributed by atoms with Gasteiger partial charge in [-0.2, -0.15) is 26.3 Å². The molecule has 0 aliphatic heterocycles. The summed E-state index contributed by atoms with van der Waals surface area (Å²) < 4.78 is 5.18. The molecular weight excluding hydrogens is 392 g/mol. The van der Waals surface area contributed by atoms with E-state index in [9.17, 15) is 9.59 Å². The Balaban J connectivity index is 1.42. The number of hydrogen-bond donors (Lipinski definition) is 3. The van der Waals surface area contributed by atoms with Gasteiger partial charge in [-0.3, -0.25) is 9.59 Å². The second kappa shape index (κ2) is 10.1. The van der Waals surface area contributed by atoms with Gasteiger partial charge in [-0.1, -0.05) is 18.2 Å². The molecule has 2 aromatic heterocycles. The van der Waals surface area contributed by atoms with Gasteiger partial charge in [-0.25, -0.2) is 0 Å². The van der Waals surface area contributed by atoms with Crippen LogP contribution in [0.2, 0.25) is 0 Å². The molecule has 0 fully saturated rings. The summed E-state index contributed by atoms with van der Waals surface area (Å²) in [4.78, 5) is 35.9. The summed E-state index contributed by atoms with van der Waals surface area (Å²) in [5.41, 5.74) is 7.12. The molecule has 1 aromatic carbocycles. The van der Waals surface area contributed by atoms with Gasteiger partial charge in [-0.05, 0) is 30.0 Å². The third kappa shape index (κ3) is 6.54. The molecule has 2 heterocycles. The SMILES string of the molecule is Nc1nc(COC(=O)CCCNC(=O)c2ccsc2)nc(Nc2ccccc2)n1. The molecule has 9 nitrogen and oxygen atoms in total. The molecule has 0 unspecified atom stereocenters. The lowest BCUT2D eigenvalue weighted by atomic mass is 10.3. The molecule has 150 valence electrons. The topological polar surface area (TPSA) is 132 Å². The minimum atomic E-state index is -0.411. The first-order valence-corrected chi connectivity index (χ1v) is 9.83. The molecule has 10 heteroatoms. The minimum Gasteiger partial charge on any atom is -0.457 e. The van der Waals surface area contributed by atoms with E-state index in [4.69, 9.17) is 10.5 Å². The lowest BCUT2D eigenvalue weighted by molar-refractivity contribution is -0.145. The van der Waals surface area contributed by atoms with Crippen molar-refractivity contribution in [3.05, 3.63) is 58.5 Å². The molecule has 0 atom stereocenters. The number of rotatable bonds is 9. The fourth-order valence-corrected chi connectivity index (χ4v) is 2.99. The first kappa shape index (κ1) is 20.2. The summed E-state index contributed by atoms with van der Waals surface area (Å²) in [5.74, 6) is -0.0217. The van der Waals surface area contributed by atoms with Crippen molar-refractivity contribution in [2.45, 2.75) is 19.4 Å². The van der Waals surface area contributed by atoms with Gasteiger partial charge in [0, 0.05) is 29.6 Å². The second-order valence-corrected chi connectivity index (χ2v) is 6.74. The Labute approximate surface area is 171 Å². The van der Waals surface area contributed by atoms with Crippen LogP contribution >= 0.6 is 11.3 Å². The molecule has 29 heavy (non-hydrogen) atoms. The summed E-state index contributed by atoms with van der Waals surface area (Å²) in [6, 6.07) is 11.1. The van der Waals surface area contributed by atoms with E-state index in [2.05, 4.69) is 25.6 Å². The van der Waals surface area contributed by atoms with E-state index in [-0.39, 0.29) is 36.7 Å². The monoisotopic (exact) mass is 412 g/mol. The van der Waals surface area contributed by atoms with Gasteiger partial charge in [0.25, 0.3) is 5.91 Å². The smallest absolute Gasteiger partial charge is 0.306 e. The number of aromatic nitrogens is 3. The number of carbonyl (C=O) groups is 2. The number of benzene rings is 1. The van der Waals surface area contributed by atoms with Crippen LogP contribution < -0.4 is 16.4 Å². The summed E-state index contributed by atoms with van der Waals surface area (Å²) in [6.07, 6.45) is 0.633. The number of para-hydroxylation sites is 1. The number of nitrogens with one attached hydrogen (secondary N) is 2. The summed E-state index contributed by atoms with van der Waals surface area (Å²) in [7, 11) is 0. The molecule has 0 aliphatic carbocycles. The zero-order chi connectivity index (χ0) is 20.5. The van der Waals surface area contributed by atoms with Crippen LogP contribution in [0.4, 0.5) is 17.6 Å². The van der Waals surface area contributed by atoms with Crippen LogP contribution in [0.25, 0.3) is 0 Å². The Morgan fingerprint density at radius 1 is 1.10 bits per heavy atom. The Bertz CT molecular complexity index is 950. The van der Waals surface area contributed by atoms with Crippen LogP contribution in [0.5, 0.6) is 0 Å². The quantitative estimate of drug-likeness (QED) is 0.361. The maximum Gasteiger partial charge on any atom is 0.306 e. The molecule has 0 saturated heterocycles. The Hall–Kier alpha value is -3.53. The van der Waals surface area contributed by atoms with Crippen molar-refractivity contribution in [3.8, 4) is 0 Å². The molecule has 4 N–H and O–H groups in total. The highest BCUT2D eigenvalue weighted by Gasteiger charge is 2.10. The fraction of sp³-hybridized carbons (Fsp3) is 0.211. The van der Waals surface area contributed by atoms with Crippen molar-refractivity contribution in [3.63, 3.8) is 0 Å². The summed E-state index contributed by atoms with van der Waals surface area (Å²) in [5, 5.41) is 9.37. The number of nitrogens with zero attached hydrogens (tertiary/aromatic N) is 3. The van der Waals surface area contributed by atoms with E-state index in [0.717, 1.165) is 5.69 Å². The molecular formula is C19H20N6O3S. The summed E-state index contributed by atoms with van der Waals surface area (Å²) in [6.45, 7) is 0.268. The van der Waals surface area contributed by atoms with Crippen LogP contribution in [0.1, 0.15) is 29.0 Å². The average Bonchev–Trinajstić information content (AvgIpc) is 3.25. The van der Waals surface area contributed by atoms with Crippen molar-refractivity contribution in [2.75, 3.05) is 17.6 Å². The number of anilines is 3. The third-order valence-electron chi connectivity index (χ3n) is 3.72. The summed E-state index contributed by atoms with van der Waals surface area (Å²) >= 11 is 1.45. The average molecular weight is 412 g/mol. The van der Waals surface area contributed by atoms with Crippen LogP contribution in [0.3, 0.4) is 0 Å². The second-order valence-electron chi connectivity index (χ2n) is 5.96. The minimum absolute atomic E-state index is 0.0284.